The number of carbonyl (C=O) groups is 1. The predicted molar refractivity (Wildman–Crippen MR) is 118 cm³/mol. The molecular formula is C26H29NO3. The van der Waals surface area contributed by atoms with E-state index in [1.165, 1.54) is 0 Å². The first kappa shape index (κ1) is 23.0. The van der Waals surface area contributed by atoms with Gasteiger partial charge in [0.25, 0.3) is 0 Å². The average Bonchev–Trinajstić information content (AvgIpc) is 2.79. The lowest BCUT2D eigenvalue weighted by molar-refractivity contribution is -0.148. The van der Waals surface area contributed by atoms with E-state index in [0.717, 1.165) is 49.0 Å². The summed E-state index contributed by atoms with van der Waals surface area (Å²) in [6.07, 6.45) is 4.77. The summed E-state index contributed by atoms with van der Waals surface area (Å²) in [4.78, 5) is 11.6. The van der Waals surface area contributed by atoms with Gasteiger partial charge in [0.2, 0.25) is 0 Å². The van der Waals surface area contributed by atoms with Gasteiger partial charge in [-0.25, -0.2) is 0 Å². The molecule has 4 heteroatoms. The van der Waals surface area contributed by atoms with Crippen LogP contribution < -0.4 is 4.74 Å². The smallest absolute Gasteiger partial charge is 0.308 e. The van der Waals surface area contributed by atoms with Crippen LogP contribution in [0.2, 0.25) is 0 Å². The Morgan fingerprint density at radius 3 is 1.97 bits per heavy atom. The van der Waals surface area contributed by atoms with Gasteiger partial charge >= 0.3 is 5.97 Å². The Kier molecular flexibility index (Phi) is 10.0. The van der Waals surface area contributed by atoms with Crippen LogP contribution >= 0.6 is 0 Å². The van der Waals surface area contributed by atoms with E-state index < -0.39 is 0 Å². The number of nitriles is 1. The van der Waals surface area contributed by atoms with E-state index in [-0.39, 0.29) is 11.9 Å². The number of rotatable bonds is 10. The molecule has 0 aromatic heterocycles. The third-order valence-corrected chi connectivity index (χ3v) is 4.79. The second-order valence-corrected chi connectivity index (χ2v) is 7.20. The van der Waals surface area contributed by atoms with Gasteiger partial charge in [-0.05, 0) is 80.6 Å². The Labute approximate surface area is 179 Å². The maximum Gasteiger partial charge on any atom is 0.308 e. The lowest BCUT2D eigenvalue weighted by atomic mass is 10.1. The van der Waals surface area contributed by atoms with Crippen LogP contribution in [0.25, 0.3) is 0 Å². The molecule has 2 aromatic rings. The number of unbranched alkanes of at least 4 members (excludes halogenated alkanes) is 3. The van der Waals surface area contributed by atoms with Crippen molar-refractivity contribution >= 4 is 5.97 Å². The van der Waals surface area contributed by atoms with E-state index in [1.54, 1.807) is 12.1 Å². The van der Waals surface area contributed by atoms with Crippen molar-refractivity contribution in [3.63, 3.8) is 0 Å². The summed E-state index contributed by atoms with van der Waals surface area (Å²) in [6, 6.07) is 17.1. The first-order valence-corrected chi connectivity index (χ1v) is 10.5. The molecule has 0 saturated heterocycles. The van der Waals surface area contributed by atoms with E-state index in [1.807, 2.05) is 50.2 Å². The topological polar surface area (TPSA) is 59.3 Å². The number of carbonyl (C=O) groups excluding carboxylic acids is 1. The minimum absolute atomic E-state index is 0.00765. The van der Waals surface area contributed by atoms with Crippen molar-refractivity contribution in [3.05, 3.63) is 65.2 Å². The van der Waals surface area contributed by atoms with E-state index in [4.69, 9.17) is 14.7 Å². The standard InChI is InChI=1S/C26H29NO3/c1-3-21(2)26(28)30-19-7-5-4-6-18-29-25-16-14-23(15-17-25)9-8-22-10-12-24(20-27)13-11-22/h10-17,21H,3-7,18-19H2,1-2H3. The molecule has 0 saturated carbocycles. The quantitative estimate of drug-likeness (QED) is 0.299. The van der Waals surface area contributed by atoms with Gasteiger partial charge < -0.3 is 9.47 Å². The number of esters is 1. The third-order valence-electron chi connectivity index (χ3n) is 4.79. The highest BCUT2D eigenvalue weighted by Gasteiger charge is 2.10. The number of ether oxygens (including phenoxy) is 2. The van der Waals surface area contributed by atoms with Gasteiger partial charge in [0.1, 0.15) is 5.75 Å². The van der Waals surface area contributed by atoms with Crippen LogP contribution in [0.5, 0.6) is 5.75 Å². The van der Waals surface area contributed by atoms with Gasteiger partial charge in [-0.2, -0.15) is 5.26 Å². The summed E-state index contributed by atoms with van der Waals surface area (Å²) in [7, 11) is 0. The number of benzene rings is 2. The fourth-order valence-electron chi connectivity index (χ4n) is 2.64. The average molecular weight is 404 g/mol. The molecule has 2 aromatic carbocycles. The van der Waals surface area contributed by atoms with Crippen molar-refractivity contribution < 1.29 is 14.3 Å². The molecule has 1 unspecified atom stereocenters. The molecule has 1 atom stereocenters. The van der Waals surface area contributed by atoms with Crippen LogP contribution in [0.3, 0.4) is 0 Å². The van der Waals surface area contributed by atoms with Gasteiger partial charge in [-0.1, -0.05) is 25.7 Å². The zero-order valence-electron chi connectivity index (χ0n) is 17.8. The minimum atomic E-state index is -0.0918. The van der Waals surface area contributed by atoms with Gasteiger partial charge in [0, 0.05) is 11.1 Å². The molecule has 156 valence electrons. The minimum Gasteiger partial charge on any atom is -0.494 e. The maximum atomic E-state index is 11.6. The van der Waals surface area contributed by atoms with Crippen LogP contribution in [-0.4, -0.2) is 19.2 Å². The number of hydrogen-bond acceptors (Lipinski definition) is 4. The zero-order valence-corrected chi connectivity index (χ0v) is 17.8. The van der Waals surface area contributed by atoms with Gasteiger partial charge in [0.15, 0.2) is 0 Å². The molecule has 0 bridgehead atoms. The normalized spacial score (nSPS) is 11.0. The van der Waals surface area contributed by atoms with Crippen LogP contribution in [0, 0.1) is 29.1 Å². The highest BCUT2D eigenvalue weighted by Crippen LogP contribution is 2.13. The lowest BCUT2D eigenvalue weighted by Crippen LogP contribution is -2.14. The van der Waals surface area contributed by atoms with Crippen LogP contribution in [0.4, 0.5) is 0 Å². The summed E-state index contributed by atoms with van der Waals surface area (Å²) in [5.41, 5.74) is 2.43. The first-order valence-electron chi connectivity index (χ1n) is 10.5. The Balaban J connectivity index is 1.62. The Bertz CT molecular complexity index is 883. The second-order valence-electron chi connectivity index (χ2n) is 7.20. The van der Waals surface area contributed by atoms with Crippen molar-refractivity contribution in [2.24, 2.45) is 5.92 Å². The predicted octanol–water partition coefficient (Wildman–Crippen LogP) is 5.49. The summed E-state index contributed by atoms with van der Waals surface area (Å²) < 4.78 is 11.0. The number of nitrogens with zero attached hydrogens (tertiary/aromatic N) is 1. The molecular weight excluding hydrogens is 374 g/mol. The monoisotopic (exact) mass is 403 g/mol. The molecule has 0 aliphatic heterocycles. The van der Waals surface area contributed by atoms with E-state index in [9.17, 15) is 4.79 Å². The maximum absolute atomic E-state index is 11.6. The highest BCUT2D eigenvalue weighted by molar-refractivity contribution is 5.71. The first-order chi connectivity index (χ1) is 14.6. The fourth-order valence-corrected chi connectivity index (χ4v) is 2.64. The molecule has 30 heavy (non-hydrogen) atoms. The van der Waals surface area contributed by atoms with Crippen molar-refractivity contribution in [1.29, 1.82) is 5.26 Å². The molecule has 0 radical (unpaired) electrons. The zero-order chi connectivity index (χ0) is 21.6. The summed E-state index contributed by atoms with van der Waals surface area (Å²) in [5, 5.41) is 8.82. The van der Waals surface area contributed by atoms with Gasteiger partial charge in [0.05, 0.1) is 30.8 Å². The molecule has 0 aliphatic carbocycles. The number of hydrogen-bond donors (Lipinski definition) is 0. The summed E-state index contributed by atoms with van der Waals surface area (Å²) >= 11 is 0. The summed E-state index contributed by atoms with van der Waals surface area (Å²) in [5.74, 6) is 6.94. The van der Waals surface area contributed by atoms with E-state index in [2.05, 4.69) is 17.9 Å². The van der Waals surface area contributed by atoms with Gasteiger partial charge in [-0.15, -0.1) is 0 Å². The summed E-state index contributed by atoms with van der Waals surface area (Å²) in [6.45, 7) is 5.07. The highest BCUT2D eigenvalue weighted by atomic mass is 16.5. The van der Waals surface area contributed by atoms with Crippen LogP contribution in [0.1, 0.15) is 62.6 Å². The Hall–Kier alpha value is -3.24. The largest absolute Gasteiger partial charge is 0.494 e. The van der Waals surface area contributed by atoms with Crippen molar-refractivity contribution in [2.45, 2.75) is 46.0 Å². The van der Waals surface area contributed by atoms with Crippen molar-refractivity contribution in [1.82, 2.24) is 0 Å². The Morgan fingerprint density at radius 2 is 1.40 bits per heavy atom. The molecule has 0 amide bonds. The van der Waals surface area contributed by atoms with Crippen molar-refractivity contribution in [3.8, 4) is 23.7 Å². The van der Waals surface area contributed by atoms with Crippen molar-refractivity contribution in [2.75, 3.05) is 13.2 Å². The molecule has 0 heterocycles. The SMILES string of the molecule is CCC(C)C(=O)OCCCCCCOc1ccc(C#Cc2ccc(C#N)cc2)cc1. The fraction of sp³-hybridized carbons (Fsp3) is 0.385. The molecule has 0 fully saturated rings. The molecule has 0 N–H and O–H groups in total. The van der Waals surface area contributed by atoms with Crippen LogP contribution in [0.15, 0.2) is 48.5 Å². The second kappa shape index (κ2) is 13.1. The lowest BCUT2D eigenvalue weighted by Gasteiger charge is -2.09. The van der Waals surface area contributed by atoms with Gasteiger partial charge in [-0.3, -0.25) is 4.79 Å². The Morgan fingerprint density at radius 1 is 0.867 bits per heavy atom. The third kappa shape index (κ3) is 8.41. The van der Waals surface area contributed by atoms with Crippen LogP contribution in [-0.2, 0) is 9.53 Å². The molecule has 2 rings (SSSR count). The van der Waals surface area contributed by atoms with E-state index in [0.29, 0.717) is 18.8 Å². The molecule has 0 aliphatic rings. The molecule has 4 nitrogen and oxygen atoms in total. The van der Waals surface area contributed by atoms with E-state index >= 15 is 0 Å². The molecule has 0 spiro atoms.